The van der Waals surface area contributed by atoms with E-state index in [1.165, 1.54) is 6.42 Å². The molecule has 5 rings (SSSR count). The minimum Gasteiger partial charge on any atom is -0.381 e. The highest BCUT2D eigenvalue weighted by molar-refractivity contribution is 6.05. The Kier molecular flexibility index (Phi) is 6.01. The Hall–Kier alpha value is -2.29. The number of nitrogens with zero attached hydrogens (tertiary/aromatic N) is 1. The van der Waals surface area contributed by atoms with E-state index in [4.69, 9.17) is 4.74 Å². The summed E-state index contributed by atoms with van der Waals surface area (Å²) >= 11 is 0. The SMILES string of the molecule is O=C1CCC(N2Cc3c(CNCC4CNCCC45CCOCC5)cccc3C2=O)C(=O)N1. The van der Waals surface area contributed by atoms with E-state index in [0.29, 0.717) is 36.4 Å². The Morgan fingerprint density at radius 3 is 2.81 bits per heavy atom. The molecule has 2 unspecified atom stereocenters. The molecule has 0 radical (unpaired) electrons. The number of benzene rings is 1. The molecular weight excluding hydrogens is 408 g/mol. The highest BCUT2D eigenvalue weighted by atomic mass is 16.5. The normalized spacial score (nSPS) is 27.5. The smallest absolute Gasteiger partial charge is 0.255 e. The van der Waals surface area contributed by atoms with E-state index in [9.17, 15) is 14.4 Å². The van der Waals surface area contributed by atoms with Crippen molar-refractivity contribution in [2.24, 2.45) is 11.3 Å². The van der Waals surface area contributed by atoms with Crippen LogP contribution in [0.2, 0.25) is 0 Å². The second kappa shape index (κ2) is 8.92. The highest BCUT2D eigenvalue weighted by Crippen LogP contribution is 2.42. The topological polar surface area (TPSA) is 99.8 Å². The van der Waals surface area contributed by atoms with Crippen molar-refractivity contribution >= 4 is 17.7 Å². The fourth-order valence-electron chi connectivity index (χ4n) is 5.96. The number of rotatable bonds is 5. The summed E-state index contributed by atoms with van der Waals surface area (Å²) in [5, 5.41) is 9.59. The highest BCUT2D eigenvalue weighted by Gasteiger charge is 2.42. The predicted octanol–water partition coefficient (Wildman–Crippen LogP) is 0.944. The van der Waals surface area contributed by atoms with Crippen LogP contribution >= 0.6 is 0 Å². The van der Waals surface area contributed by atoms with Gasteiger partial charge in [0.1, 0.15) is 6.04 Å². The number of hydrogen-bond acceptors (Lipinski definition) is 6. The van der Waals surface area contributed by atoms with E-state index in [1.54, 1.807) is 4.90 Å². The van der Waals surface area contributed by atoms with Gasteiger partial charge in [0, 0.05) is 44.8 Å². The Bertz CT molecular complexity index is 903. The van der Waals surface area contributed by atoms with Crippen LogP contribution in [0.4, 0.5) is 0 Å². The average Bonchev–Trinajstić information content (AvgIpc) is 3.13. The van der Waals surface area contributed by atoms with Gasteiger partial charge in [-0.3, -0.25) is 19.7 Å². The van der Waals surface area contributed by atoms with Gasteiger partial charge in [0.15, 0.2) is 0 Å². The van der Waals surface area contributed by atoms with Gasteiger partial charge >= 0.3 is 0 Å². The number of carbonyl (C=O) groups excluding carboxylic acids is 3. The van der Waals surface area contributed by atoms with E-state index in [-0.39, 0.29) is 24.1 Å². The monoisotopic (exact) mass is 440 g/mol. The second-order valence-electron chi connectivity index (χ2n) is 9.60. The molecule has 0 aromatic heterocycles. The molecule has 3 saturated heterocycles. The Labute approximate surface area is 188 Å². The lowest BCUT2D eigenvalue weighted by atomic mass is 9.66. The molecule has 4 heterocycles. The largest absolute Gasteiger partial charge is 0.381 e. The quantitative estimate of drug-likeness (QED) is 0.590. The van der Waals surface area contributed by atoms with Gasteiger partial charge < -0.3 is 20.3 Å². The number of carbonyl (C=O) groups is 3. The van der Waals surface area contributed by atoms with Crippen molar-refractivity contribution in [2.45, 2.75) is 51.2 Å². The third kappa shape index (κ3) is 3.95. The first-order valence-electron chi connectivity index (χ1n) is 11.8. The van der Waals surface area contributed by atoms with Crippen LogP contribution in [0.5, 0.6) is 0 Å². The van der Waals surface area contributed by atoms with Gasteiger partial charge in [-0.15, -0.1) is 0 Å². The summed E-state index contributed by atoms with van der Waals surface area (Å²) in [7, 11) is 0. The van der Waals surface area contributed by atoms with Crippen LogP contribution in [0.1, 0.15) is 53.6 Å². The average molecular weight is 441 g/mol. The number of amides is 3. The van der Waals surface area contributed by atoms with Crippen molar-refractivity contribution in [3.05, 3.63) is 34.9 Å². The summed E-state index contributed by atoms with van der Waals surface area (Å²) in [6.45, 7) is 5.89. The molecule has 32 heavy (non-hydrogen) atoms. The van der Waals surface area contributed by atoms with Crippen molar-refractivity contribution in [1.82, 2.24) is 20.9 Å². The molecule has 3 fully saturated rings. The van der Waals surface area contributed by atoms with Crippen LogP contribution in [0.3, 0.4) is 0 Å². The molecule has 8 nitrogen and oxygen atoms in total. The third-order valence-corrected chi connectivity index (χ3v) is 7.93. The summed E-state index contributed by atoms with van der Waals surface area (Å²) < 4.78 is 5.63. The molecular formula is C24H32N4O4. The minimum atomic E-state index is -0.574. The summed E-state index contributed by atoms with van der Waals surface area (Å²) in [6.07, 6.45) is 4.14. The molecule has 1 spiro atoms. The number of nitrogens with one attached hydrogen (secondary N) is 3. The van der Waals surface area contributed by atoms with Crippen molar-refractivity contribution in [2.75, 3.05) is 32.8 Å². The first kappa shape index (κ1) is 21.6. The maximum Gasteiger partial charge on any atom is 0.255 e. The number of ether oxygens (including phenoxy) is 1. The minimum absolute atomic E-state index is 0.117. The molecule has 8 heteroatoms. The van der Waals surface area contributed by atoms with Crippen LogP contribution in [0.25, 0.3) is 0 Å². The molecule has 3 amide bonds. The van der Waals surface area contributed by atoms with Crippen molar-refractivity contribution in [3.8, 4) is 0 Å². The van der Waals surface area contributed by atoms with Crippen LogP contribution < -0.4 is 16.0 Å². The molecule has 4 aliphatic rings. The van der Waals surface area contributed by atoms with Gasteiger partial charge in [-0.05, 0) is 67.3 Å². The molecule has 3 N–H and O–H groups in total. The summed E-state index contributed by atoms with van der Waals surface area (Å²) in [5.74, 6) is -0.180. The van der Waals surface area contributed by atoms with Gasteiger partial charge in [-0.2, -0.15) is 0 Å². The zero-order chi connectivity index (χ0) is 22.1. The van der Waals surface area contributed by atoms with Crippen molar-refractivity contribution < 1.29 is 19.1 Å². The van der Waals surface area contributed by atoms with Gasteiger partial charge in [0.2, 0.25) is 11.8 Å². The molecule has 4 aliphatic heterocycles. The Balaban J connectivity index is 1.25. The number of imide groups is 1. The molecule has 0 saturated carbocycles. The fraction of sp³-hybridized carbons (Fsp3) is 0.625. The number of piperidine rings is 2. The standard InChI is InChI=1S/C24H32N4O4/c29-21-5-4-20(22(30)27-21)28-15-19-16(2-1-3-18(19)23(28)31)12-26-14-17-13-25-9-6-24(17)7-10-32-11-8-24/h1-3,17,20,25-26H,4-15H2,(H,27,29,30). The van der Waals surface area contributed by atoms with Crippen LogP contribution in [0.15, 0.2) is 18.2 Å². The summed E-state index contributed by atoms with van der Waals surface area (Å²) in [6, 6.07) is 5.25. The van der Waals surface area contributed by atoms with Gasteiger partial charge in [0.05, 0.1) is 0 Å². The summed E-state index contributed by atoms with van der Waals surface area (Å²) in [5.41, 5.74) is 3.15. The molecule has 2 atom stereocenters. The second-order valence-corrected chi connectivity index (χ2v) is 9.60. The van der Waals surface area contributed by atoms with Crippen LogP contribution in [-0.2, 0) is 27.4 Å². The molecule has 172 valence electrons. The van der Waals surface area contributed by atoms with Gasteiger partial charge in [-0.1, -0.05) is 12.1 Å². The van der Waals surface area contributed by atoms with Gasteiger partial charge in [0.25, 0.3) is 5.91 Å². The first-order valence-corrected chi connectivity index (χ1v) is 11.8. The molecule has 0 bridgehead atoms. The van der Waals surface area contributed by atoms with Crippen molar-refractivity contribution in [1.29, 1.82) is 0 Å². The Morgan fingerprint density at radius 2 is 2.00 bits per heavy atom. The third-order valence-electron chi connectivity index (χ3n) is 7.93. The Morgan fingerprint density at radius 1 is 1.16 bits per heavy atom. The summed E-state index contributed by atoms with van der Waals surface area (Å²) in [4.78, 5) is 38.5. The molecule has 1 aromatic rings. The maximum atomic E-state index is 13.0. The van der Waals surface area contributed by atoms with E-state index in [2.05, 4.69) is 22.0 Å². The van der Waals surface area contributed by atoms with Crippen molar-refractivity contribution in [3.63, 3.8) is 0 Å². The lowest BCUT2D eigenvalue weighted by Gasteiger charge is -2.47. The molecule has 1 aromatic carbocycles. The maximum absolute atomic E-state index is 13.0. The predicted molar refractivity (Wildman–Crippen MR) is 118 cm³/mol. The lowest BCUT2D eigenvalue weighted by molar-refractivity contribution is -0.136. The zero-order valence-electron chi connectivity index (χ0n) is 18.5. The molecule has 0 aliphatic carbocycles. The lowest BCUT2D eigenvalue weighted by Crippen LogP contribution is -2.52. The van der Waals surface area contributed by atoms with E-state index >= 15 is 0 Å². The van der Waals surface area contributed by atoms with Crippen LogP contribution in [-0.4, -0.2) is 61.5 Å². The number of fused-ring (bicyclic) bond motifs is 1. The van der Waals surface area contributed by atoms with E-state index in [0.717, 1.165) is 56.8 Å². The fourth-order valence-corrected chi connectivity index (χ4v) is 5.96. The zero-order valence-corrected chi connectivity index (χ0v) is 18.5. The van der Waals surface area contributed by atoms with E-state index < -0.39 is 6.04 Å². The van der Waals surface area contributed by atoms with Crippen LogP contribution in [0, 0.1) is 11.3 Å². The number of hydrogen-bond donors (Lipinski definition) is 3. The van der Waals surface area contributed by atoms with E-state index in [1.807, 2.05) is 12.1 Å². The first-order chi connectivity index (χ1) is 15.6. The van der Waals surface area contributed by atoms with Gasteiger partial charge in [-0.25, -0.2) is 0 Å².